The predicted octanol–water partition coefficient (Wildman–Crippen LogP) is -0.483. The number of nitrogens with one attached hydrogen (secondary N) is 1. The lowest BCUT2D eigenvalue weighted by Gasteiger charge is -2.06. The molecule has 1 aromatic rings. The summed E-state index contributed by atoms with van der Waals surface area (Å²) in [4.78, 5) is 17.4. The molecule has 0 bridgehead atoms. The lowest BCUT2D eigenvalue weighted by atomic mass is 10.2. The van der Waals surface area contributed by atoms with E-state index in [1.54, 1.807) is 6.26 Å². The minimum atomic E-state index is -1.09. The van der Waals surface area contributed by atoms with Crippen LogP contribution in [0, 0.1) is 0 Å². The van der Waals surface area contributed by atoms with Gasteiger partial charge >= 0.3 is 0 Å². The topological polar surface area (TPSA) is 86.2 Å². The number of aromatic amines is 1. The molecule has 1 aromatic heterocycles. The number of nitrogens with zero attached hydrogens (tertiary/aromatic N) is 1. The highest BCUT2D eigenvalue weighted by atomic mass is 32.2. The fourth-order valence-corrected chi connectivity index (χ4v) is 1.21. The molecule has 6 heteroatoms. The summed E-state index contributed by atoms with van der Waals surface area (Å²) >= 11 is 1.27. The maximum atomic E-state index is 11.0. The smallest absolute Gasteiger partial charge is 0.251 e. The van der Waals surface area contributed by atoms with Crippen LogP contribution in [-0.4, -0.2) is 33.0 Å². The Balaban J connectivity index is 3.08. The number of H-pyrrole nitrogens is 1. The van der Waals surface area contributed by atoms with E-state index < -0.39 is 12.7 Å². The van der Waals surface area contributed by atoms with E-state index in [0.717, 1.165) is 0 Å². The first kappa shape index (κ1) is 10.2. The van der Waals surface area contributed by atoms with Gasteiger partial charge in [0.2, 0.25) is 0 Å². The van der Waals surface area contributed by atoms with E-state index in [4.69, 9.17) is 5.11 Å². The molecule has 5 nitrogen and oxygen atoms in total. The standard InChI is InChI=1S/C7H10N2O3S/c1-13-7-8-4(5(11)3-10)2-6(12)9-7/h2,5,10-11H,3H2,1H3,(H,8,9,12)/t5-/m1/s1. The molecule has 3 N–H and O–H groups in total. The molecule has 72 valence electrons. The number of aromatic nitrogens is 2. The fraction of sp³-hybridized carbons (Fsp3) is 0.429. The molecule has 0 radical (unpaired) electrons. The quantitative estimate of drug-likeness (QED) is 0.455. The van der Waals surface area contributed by atoms with Crippen LogP contribution in [0.2, 0.25) is 0 Å². The van der Waals surface area contributed by atoms with Crippen LogP contribution in [0.5, 0.6) is 0 Å². The van der Waals surface area contributed by atoms with Crippen molar-refractivity contribution in [2.24, 2.45) is 0 Å². The first-order valence-corrected chi connectivity index (χ1v) is 4.84. The lowest BCUT2D eigenvalue weighted by molar-refractivity contribution is 0.0915. The zero-order valence-corrected chi connectivity index (χ0v) is 7.84. The normalized spacial score (nSPS) is 12.8. The Morgan fingerprint density at radius 3 is 3.00 bits per heavy atom. The maximum absolute atomic E-state index is 11.0. The molecule has 1 rings (SSSR count). The van der Waals surface area contributed by atoms with Crippen LogP contribution >= 0.6 is 11.8 Å². The van der Waals surface area contributed by atoms with Crippen LogP contribution < -0.4 is 5.56 Å². The molecule has 0 aliphatic carbocycles. The van der Waals surface area contributed by atoms with Crippen molar-refractivity contribution >= 4 is 11.8 Å². The third-order valence-corrected chi connectivity index (χ3v) is 2.03. The molecule has 0 aromatic carbocycles. The number of rotatable bonds is 3. The predicted molar refractivity (Wildman–Crippen MR) is 48.7 cm³/mol. The lowest BCUT2D eigenvalue weighted by Crippen LogP contribution is -2.14. The molecule has 1 atom stereocenters. The van der Waals surface area contributed by atoms with Crippen LogP contribution in [-0.2, 0) is 0 Å². The molecule has 13 heavy (non-hydrogen) atoms. The SMILES string of the molecule is CSc1nc([C@H](O)CO)cc(=O)[nH]1. The van der Waals surface area contributed by atoms with Crippen molar-refractivity contribution in [1.29, 1.82) is 0 Å². The Labute approximate surface area is 78.8 Å². The largest absolute Gasteiger partial charge is 0.393 e. The van der Waals surface area contributed by atoms with Crippen molar-refractivity contribution in [3.63, 3.8) is 0 Å². The molecule has 1 heterocycles. The zero-order valence-electron chi connectivity index (χ0n) is 7.02. The summed E-state index contributed by atoms with van der Waals surface area (Å²) in [5, 5.41) is 18.3. The van der Waals surface area contributed by atoms with Crippen molar-refractivity contribution in [1.82, 2.24) is 9.97 Å². The molecule has 0 amide bonds. The van der Waals surface area contributed by atoms with E-state index in [2.05, 4.69) is 9.97 Å². The number of aliphatic hydroxyl groups is 2. The van der Waals surface area contributed by atoms with E-state index in [0.29, 0.717) is 5.16 Å². The summed E-state index contributed by atoms with van der Waals surface area (Å²) in [5.74, 6) is 0. The van der Waals surface area contributed by atoms with Gasteiger partial charge in [-0.3, -0.25) is 4.79 Å². The molecule has 0 unspecified atom stereocenters. The number of thioether (sulfide) groups is 1. The summed E-state index contributed by atoms with van der Waals surface area (Å²) in [6.07, 6.45) is 0.668. The Morgan fingerprint density at radius 2 is 2.46 bits per heavy atom. The summed E-state index contributed by atoms with van der Waals surface area (Å²) < 4.78 is 0. The first-order chi connectivity index (χ1) is 6.17. The van der Waals surface area contributed by atoms with Gasteiger partial charge in [0.25, 0.3) is 5.56 Å². The minimum Gasteiger partial charge on any atom is -0.393 e. The highest BCUT2D eigenvalue weighted by molar-refractivity contribution is 7.98. The Morgan fingerprint density at radius 1 is 1.77 bits per heavy atom. The molecule has 0 saturated heterocycles. The van der Waals surface area contributed by atoms with Gasteiger partial charge in [0.1, 0.15) is 6.10 Å². The monoisotopic (exact) mass is 202 g/mol. The fourth-order valence-electron chi connectivity index (χ4n) is 0.814. The van der Waals surface area contributed by atoms with Gasteiger partial charge in [-0.25, -0.2) is 4.98 Å². The van der Waals surface area contributed by atoms with Gasteiger partial charge < -0.3 is 15.2 Å². The molecular formula is C7H10N2O3S. The van der Waals surface area contributed by atoms with Crippen LogP contribution in [0.25, 0.3) is 0 Å². The molecule has 0 aliphatic heterocycles. The summed E-state index contributed by atoms with van der Waals surface area (Å²) in [6.45, 7) is -0.440. The van der Waals surface area contributed by atoms with Crippen LogP contribution in [0.1, 0.15) is 11.8 Å². The Hall–Kier alpha value is -0.850. The van der Waals surface area contributed by atoms with Crippen molar-refractivity contribution < 1.29 is 10.2 Å². The van der Waals surface area contributed by atoms with Crippen LogP contribution in [0.15, 0.2) is 16.0 Å². The second-order valence-electron chi connectivity index (χ2n) is 2.38. The summed E-state index contributed by atoms with van der Waals surface area (Å²) in [7, 11) is 0. The van der Waals surface area contributed by atoms with Crippen LogP contribution in [0.4, 0.5) is 0 Å². The summed E-state index contributed by atoms with van der Waals surface area (Å²) in [6, 6.07) is 1.17. The van der Waals surface area contributed by atoms with E-state index in [1.165, 1.54) is 17.8 Å². The molecule has 0 aliphatic rings. The third-order valence-electron chi connectivity index (χ3n) is 1.45. The third kappa shape index (κ3) is 2.55. The number of hydrogen-bond acceptors (Lipinski definition) is 5. The van der Waals surface area contributed by atoms with Gasteiger partial charge in [0.15, 0.2) is 5.16 Å². The van der Waals surface area contributed by atoms with Crippen molar-refractivity contribution in [3.8, 4) is 0 Å². The van der Waals surface area contributed by atoms with Gasteiger partial charge in [-0.15, -0.1) is 0 Å². The average Bonchev–Trinajstić information content (AvgIpc) is 2.15. The van der Waals surface area contributed by atoms with Gasteiger partial charge in [0, 0.05) is 6.07 Å². The van der Waals surface area contributed by atoms with Crippen molar-refractivity contribution in [3.05, 3.63) is 22.1 Å². The maximum Gasteiger partial charge on any atom is 0.251 e. The minimum absolute atomic E-state index is 0.190. The number of aliphatic hydroxyl groups excluding tert-OH is 2. The van der Waals surface area contributed by atoms with Gasteiger partial charge in [-0.1, -0.05) is 11.8 Å². The van der Waals surface area contributed by atoms with Crippen molar-refractivity contribution in [2.75, 3.05) is 12.9 Å². The van der Waals surface area contributed by atoms with Crippen LogP contribution in [0.3, 0.4) is 0 Å². The molecule has 0 spiro atoms. The van der Waals surface area contributed by atoms with E-state index in [9.17, 15) is 9.90 Å². The second-order valence-corrected chi connectivity index (χ2v) is 3.17. The van der Waals surface area contributed by atoms with Crippen molar-refractivity contribution in [2.45, 2.75) is 11.3 Å². The number of hydrogen-bond donors (Lipinski definition) is 3. The highest BCUT2D eigenvalue weighted by Crippen LogP contribution is 2.10. The van der Waals surface area contributed by atoms with E-state index >= 15 is 0 Å². The van der Waals surface area contributed by atoms with Gasteiger partial charge in [0.05, 0.1) is 12.3 Å². The molecular weight excluding hydrogens is 192 g/mol. The molecule has 0 saturated carbocycles. The first-order valence-electron chi connectivity index (χ1n) is 3.61. The van der Waals surface area contributed by atoms with E-state index in [-0.39, 0.29) is 11.3 Å². The van der Waals surface area contributed by atoms with Gasteiger partial charge in [-0.2, -0.15) is 0 Å². The van der Waals surface area contributed by atoms with Gasteiger partial charge in [-0.05, 0) is 6.26 Å². The molecule has 0 fully saturated rings. The van der Waals surface area contributed by atoms with E-state index in [1.807, 2.05) is 0 Å². The Bertz CT molecular complexity index is 339. The average molecular weight is 202 g/mol. The highest BCUT2D eigenvalue weighted by Gasteiger charge is 2.09. The Kier molecular flexibility index (Phi) is 3.47. The zero-order chi connectivity index (χ0) is 9.84. The second kappa shape index (κ2) is 4.40. The summed E-state index contributed by atoms with van der Waals surface area (Å²) in [5.41, 5.74) is -0.141.